The van der Waals surface area contributed by atoms with Gasteiger partial charge in [-0.2, -0.15) is 0 Å². The van der Waals surface area contributed by atoms with Crippen LogP contribution in [0.5, 0.6) is 0 Å². The Morgan fingerprint density at radius 1 is 1.12 bits per heavy atom. The van der Waals surface area contributed by atoms with Crippen LogP contribution in [0.15, 0.2) is 41.3 Å². The Labute approximate surface area is 258 Å². The molecule has 1 N–H and O–H groups in total. The molecule has 1 aliphatic carbocycles. The lowest BCUT2D eigenvalue weighted by Gasteiger charge is -2.47. The number of Topliss-reactive ketones (excluding diaryl/α,β-unsaturated/α-hetero) is 1. The van der Waals surface area contributed by atoms with Gasteiger partial charge in [0.05, 0.1) is 11.8 Å². The molecule has 10 heteroatoms. The van der Waals surface area contributed by atoms with Crippen molar-refractivity contribution in [1.29, 1.82) is 0 Å². The van der Waals surface area contributed by atoms with Crippen molar-refractivity contribution in [3.63, 3.8) is 0 Å². The number of hydrogen-bond donors (Lipinski definition) is 1. The van der Waals surface area contributed by atoms with E-state index in [9.17, 15) is 14.4 Å². The van der Waals surface area contributed by atoms with Gasteiger partial charge in [-0.1, -0.05) is 43.0 Å². The van der Waals surface area contributed by atoms with Gasteiger partial charge in [0.15, 0.2) is 22.9 Å². The molecule has 2 aromatic rings. The van der Waals surface area contributed by atoms with E-state index >= 15 is 0 Å². The molecule has 1 saturated carbocycles. The van der Waals surface area contributed by atoms with Crippen molar-refractivity contribution >= 4 is 34.4 Å². The van der Waals surface area contributed by atoms with Crippen LogP contribution in [-0.2, 0) is 14.3 Å². The number of fused-ring (bicyclic) bond motifs is 1. The van der Waals surface area contributed by atoms with Crippen LogP contribution in [0, 0.1) is 11.8 Å². The summed E-state index contributed by atoms with van der Waals surface area (Å²) in [6.45, 7) is 8.56. The van der Waals surface area contributed by atoms with Gasteiger partial charge < -0.3 is 19.9 Å². The number of likely N-dealkylation sites (N-methyl/N-ethyl adjacent to an activating group) is 1. The van der Waals surface area contributed by atoms with Crippen molar-refractivity contribution in [2.24, 2.45) is 11.8 Å². The Morgan fingerprint density at radius 2 is 1.84 bits per heavy atom. The second-order valence-electron chi connectivity index (χ2n) is 12.6. The van der Waals surface area contributed by atoms with Gasteiger partial charge >= 0.3 is 0 Å². The maximum Gasteiger partial charge on any atom is 0.253 e. The van der Waals surface area contributed by atoms with Gasteiger partial charge in [-0.3, -0.25) is 19.3 Å². The molecule has 0 radical (unpaired) electrons. The lowest BCUT2D eigenvalue weighted by Crippen LogP contribution is -2.68. The number of carbonyl (C=O) groups excluding carboxylic acids is 3. The zero-order chi connectivity index (χ0) is 30.1. The summed E-state index contributed by atoms with van der Waals surface area (Å²) in [6.07, 6.45) is 7.41. The second kappa shape index (κ2) is 12.6. The quantitative estimate of drug-likeness (QED) is 0.357. The third-order valence-electron chi connectivity index (χ3n) is 10.1. The normalized spacial score (nSPS) is 27.2. The largest absolute Gasteiger partial charge is 0.368 e. The number of carbonyl (C=O) groups is 3. The van der Waals surface area contributed by atoms with Gasteiger partial charge in [-0.15, -0.1) is 11.3 Å². The Bertz CT molecular complexity index is 1360. The fourth-order valence-electron chi connectivity index (χ4n) is 7.38. The van der Waals surface area contributed by atoms with Crippen molar-refractivity contribution in [2.45, 2.75) is 63.8 Å². The number of piperazine rings is 1. The first-order chi connectivity index (χ1) is 20.8. The average molecular weight is 606 g/mol. The smallest absolute Gasteiger partial charge is 0.253 e. The zero-order valence-electron chi connectivity index (χ0n) is 25.5. The standard InChI is InChI=1S/C33H43N5O4S/c1-4-22(2)26-18-38(29-28(40)19-42-30(26)29)33(21-39,25-8-6-5-7-9-25)35-31(41)24-12-10-23(11-13-24)27-20-43-32(34-27)37-16-14-36(3)15-17-37/h4,10-13,20-21,25-26,29-30H,5-9,14-19H2,1-3H3,(H,35,41). The zero-order valence-corrected chi connectivity index (χ0v) is 26.3. The number of anilines is 1. The van der Waals surface area contributed by atoms with E-state index in [2.05, 4.69) is 40.5 Å². The van der Waals surface area contributed by atoms with Crippen molar-refractivity contribution in [3.8, 4) is 11.3 Å². The maximum atomic E-state index is 13.9. The third-order valence-corrected chi connectivity index (χ3v) is 11.0. The van der Waals surface area contributed by atoms with E-state index in [1.165, 1.54) is 0 Å². The molecule has 0 spiro atoms. The number of nitrogens with zero attached hydrogens (tertiary/aromatic N) is 4. The first-order valence-electron chi connectivity index (χ1n) is 15.7. The van der Waals surface area contributed by atoms with Crippen LogP contribution in [0.4, 0.5) is 5.13 Å². The molecule has 4 fully saturated rings. The number of likely N-dealkylation sites (tertiary alicyclic amines) is 1. The molecule has 0 bridgehead atoms. The number of allylic oxidation sites excluding steroid dienone is 1. The van der Waals surface area contributed by atoms with Crippen molar-refractivity contribution < 1.29 is 19.1 Å². The Morgan fingerprint density at radius 3 is 2.51 bits per heavy atom. The number of benzene rings is 1. The minimum Gasteiger partial charge on any atom is -0.368 e. The third kappa shape index (κ3) is 5.70. The molecule has 43 heavy (non-hydrogen) atoms. The fraction of sp³-hybridized carbons (Fsp3) is 0.576. The first-order valence-corrected chi connectivity index (χ1v) is 16.5. The molecule has 4 aliphatic rings. The van der Waals surface area contributed by atoms with Crippen LogP contribution < -0.4 is 10.2 Å². The predicted molar refractivity (Wildman–Crippen MR) is 168 cm³/mol. The molecule has 4 heterocycles. The highest BCUT2D eigenvalue weighted by molar-refractivity contribution is 7.14. The van der Waals surface area contributed by atoms with Gasteiger partial charge in [-0.05, 0) is 45.9 Å². The Balaban J connectivity index is 1.25. The summed E-state index contributed by atoms with van der Waals surface area (Å²) in [5.74, 6) is -0.413. The van der Waals surface area contributed by atoms with Crippen LogP contribution in [0.1, 0.15) is 56.3 Å². The monoisotopic (exact) mass is 605 g/mol. The number of nitrogens with one attached hydrogen (secondary N) is 1. The molecule has 9 nitrogen and oxygen atoms in total. The second-order valence-corrected chi connectivity index (χ2v) is 13.4. The number of ether oxygens (including phenoxy) is 1. The van der Waals surface area contributed by atoms with Crippen LogP contribution >= 0.6 is 11.3 Å². The minimum absolute atomic E-state index is 0.00519. The van der Waals surface area contributed by atoms with Crippen LogP contribution in [0.25, 0.3) is 11.3 Å². The summed E-state index contributed by atoms with van der Waals surface area (Å²) in [5, 5.41) is 6.28. The predicted octanol–water partition coefficient (Wildman–Crippen LogP) is 4.00. The minimum atomic E-state index is -1.28. The van der Waals surface area contributed by atoms with Crippen LogP contribution in [0.3, 0.4) is 0 Å². The van der Waals surface area contributed by atoms with Crippen molar-refractivity contribution in [2.75, 3.05) is 51.3 Å². The average Bonchev–Trinajstić information content (AvgIpc) is 3.78. The van der Waals surface area contributed by atoms with Crippen molar-refractivity contribution in [1.82, 2.24) is 20.1 Å². The number of aromatic nitrogens is 1. The van der Waals surface area contributed by atoms with Gasteiger partial charge in [0.1, 0.15) is 12.6 Å². The summed E-state index contributed by atoms with van der Waals surface area (Å²) < 4.78 is 6.00. The van der Waals surface area contributed by atoms with E-state index in [1.54, 1.807) is 23.5 Å². The molecule has 1 aromatic carbocycles. The molecule has 1 aromatic heterocycles. The van der Waals surface area contributed by atoms with Gasteiger partial charge in [-0.25, -0.2) is 4.98 Å². The number of aldehydes is 1. The van der Waals surface area contributed by atoms with E-state index in [1.807, 2.05) is 24.0 Å². The van der Waals surface area contributed by atoms with Crippen molar-refractivity contribution in [3.05, 3.63) is 46.9 Å². The highest BCUT2D eigenvalue weighted by Crippen LogP contribution is 2.43. The summed E-state index contributed by atoms with van der Waals surface area (Å²) in [6, 6.07) is 6.91. The topological polar surface area (TPSA) is 95.1 Å². The lowest BCUT2D eigenvalue weighted by atomic mass is 9.78. The molecule has 3 saturated heterocycles. The molecule has 6 rings (SSSR count). The highest BCUT2D eigenvalue weighted by Gasteiger charge is 2.59. The molecular formula is C33H43N5O4S. The molecule has 3 aliphatic heterocycles. The summed E-state index contributed by atoms with van der Waals surface area (Å²) in [5.41, 5.74) is 2.17. The number of amides is 1. The lowest BCUT2D eigenvalue weighted by molar-refractivity contribution is -0.133. The maximum absolute atomic E-state index is 13.9. The highest BCUT2D eigenvalue weighted by atomic mass is 32.1. The summed E-state index contributed by atoms with van der Waals surface area (Å²) in [7, 11) is 2.14. The first kappa shape index (κ1) is 30.1. The van der Waals surface area contributed by atoms with Gasteiger partial charge in [0.2, 0.25) is 0 Å². The van der Waals surface area contributed by atoms with E-state index in [0.717, 1.165) is 86.5 Å². The molecule has 4 atom stereocenters. The molecule has 230 valence electrons. The summed E-state index contributed by atoms with van der Waals surface area (Å²) >= 11 is 1.65. The Hall–Kier alpha value is -2.92. The number of thiazole rings is 1. The number of rotatable bonds is 8. The molecule has 1 amide bonds. The van der Waals surface area contributed by atoms with E-state index in [0.29, 0.717) is 12.1 Å². The Kier molecular flexibility index (Phi) is 8.82. The molecule has 4 unspecified atom stereocenters. The van der Waals surface area contributed by atoms with E-state index < -0.39 is 11.7 Å². The van der Waals surface area contributed by atoms with E-state index in [-0.39, 0.29) is 36.2 Å². The van der Waals surface area contributed by atoms with Gasteiger partial charge in [0.25, 0.3) is 5.91 Å². The number of ketones is 1. The van der Waals surface area contributed by atoms with E-state index in [4.69, 9.17) is 9.72 Å². The molecular weight excluding hydrogens is 562 g/mol. The van der Waals surface area contributed by atoms with Gasteiger partial charge in [0, 0.05) is 61.1 Å². The van der Waals surface area contributed by atoms with Crippen LogP contribution in [-0.4, -0.2) is 96.9 Å². The number of hydrogen-bond acceptors (Lipinski definition) is 9. The SMILES string of the molecule is CC=C(C)C1CN(C(C=O)(NC(=O)c2ccc(-c3csc(N4CCN(C)CC4)n3)cc2)C2CCCCC2)C2C(=O)COC12. The van der Waals surface area contributed by atoms with Crippen LogP contribution in [0.2, 0.25) is 0 Å². The fourth-order valence-corrected chi connectivity index (χ4v) is 8.27. The summed E-state index contributed by atoms with van der Waals surface area (Å²) in [4.78, 5) is 51.9.